The Bertz CT molecular complexity index is 786. The zero-order chi connectivity index (χ0) is 16.4. The van der Waals surface area contributed by atoms with Crippen molar-refractivity contribution in [3.8, 4) is 11.8 Å². The first-order valence-electron chi connectivity index (χ1n) is 7.88. The fraction of sp³-hybridized carbons (Fsp3) is 0.389. The van der Waals surface area contributed by atoms with E-state index in [0.29, 0.717) is 25.1 Å². The summed E-state index contributed by atoms with van der Waals surface area (Å²) >= 11 is 0. The lowest BCUT2D eigenvalue weighted by Crippen LogP contribution is -2.16. The lowest BCUT2D eigenvalue weighted by Gasteiger charge is -2.18. The first kappa shape index (κ1) is 15.3. The first-order valence-corrected chi connectivity index (χ1v) is 7.88. The van der Waals surface area contributed by atoms with Gasteiger partial charge in [0.1, 0.15) is 0 Å². The van der Waals surface area contributed by atoms with Crippen LogP contribution in [0, 0.1) is 24.2 Å². The fourth-order valence-electron chi connectivity index (χ4n) is 3.06. The van der Waals surface area contributed by atoms with Crippen molar-refractivity contribution in [3.05, 3.63) is 46.8 Å². The van der Waals surface area contributed by atoms with Crippen LogP contribution in [0.1, 0.15) is 40.7 Å². The van der Waals surface area contributed by atoms with Gasteiger partial charge in [-0.25, -0.2) is 9.48 Å². The van der Waals surface area contributed by atoms with Gasteiger partial charge in [0.15, 0.2) is 5.69 Å². The Morgan fingerprint density at radius 3 is 3.04 bits per heavy atom. The number of hydrogen-bond acceptors (Lipinski definition) is 4. The molecule has 2 aromatic rings. The van der Waals surface area contributed by atoms with Crippen molar-refractivity contribution in [2.75, 3.05) is 6.61 Å². The van der Waals surface area contributed by atoms with E-state index in [0.717, 1.165) is 28.9 Å². The van der Waals surface area contributed by atoms with E-state index < -0.39 is 0 Å². The summed E-state index contributed by atoms with van der Waals surface area (Å²) in [7, 11) is 0. The smallest absolute Gasteiger partial charge is 0.359 e. The number of aryl methyl sites for hydroxylation is 1. The molecule has 0 spiro atoms. The monoisotopic (exact) mass is 309 g/mol. The fourth-order valence-corrected chi connectivity index (χ4v) is 3.06. The van der Waals surface area contributed by atoms with Gasteiger partial charge in [-0.05, 0) is 44.4 Å². The van der Waals surface area contributed by atoms with Crippen molar-refractivity contribution in [2.24, 2.45) is 5.92 Å². The normalized spacial score (nSPS) is 16.5. The molecule has 5 heteroatoms. The predicted octanol–water partition coefficient (Wildman–Crippen LogP) is 2.99. The van der Waals surface area contributed by atoms with Crippen LogP contribution < -0.4 is 0 Å². The number of hydrogen-bond donors (Lipinski definition) is 0. The van der Waals surface area contributed by atoms with Crippen molar-refractivity contribution in [1.82, 2.24) is 9.78 Å². The number of ether oxygens (including phenoxy) is 1. The minimum atomic E-state index is -0.384. The van der Waals surface area contributed by atoms with E-state index in [1.165, 1.54) is 0 Å². The van der Waals surface area contributed by atoms with Gasteiger partial charge >= 0.3 is 5.97 Å². The second-order valence-corrected chi connectivity index (χ2v) is 5.81. The third-order valence-electron chi connectivity index (χ3n) is 4.17. The average Bonchev–Trinajstić information content (AvgIpc) is 2.93. The van der Waals surface area contributed by atoms with E-state index in [2.05, 4.69) is 11.2 Å². The molecule has 1 unspecified atom stereocenters. The number of fused-ring (bicyclic) bond motifs is 1. The maximum absolute atomic E-state index is 12.2. The SMILES string of the molecule is CCOC(=O)c1nn(-c2cccc(C)c2)c2c1CCC(C#N)C2. The molecule has 0 fully saturated rings. The minimum Gasteiger partial charge on any atom is -0.461 e. The highest BCUT2D eigenvalue weighted by Crippen LogP contribution is 2.30. The molecule has 5 nitrogen and oxygen atoms in total. The molecule has 1 heterocycles. The zero-order valence-corrected chi connectivity index (χ0v) is 13.4. The van der Waals surface area contributed by atoms with Crippen LogP contribution in [0.4, 0.5) is 0 Å². The number of carbonyl (C=O) groups excluding carboxylic acids is 1. The largest absolute Gasteiger partial charge is 0.461 e. The highest BCUT2D eigenvalue weighted by atomic mass is 16.5. The Morgan fingerprint density at radius 1 is 1.52 bits per heavy atom. The molecule has 0 saturated heterocycles. The van der Waals surface area contributed by atoms with E-state index in [9.17, 15) is 10.1 Å². The van der Waals surface area contributed by atoms with Gasteiger partial charge in [-0.1, -0.05) is 12.1 Å². The molecule has 0 bridgehead atoms. The first-order chi connectivity index (χ1) is 11.1. The molecule has 3 rings (SSSR count). The van der Waals surface area contributed by atoms with Gasteiger partial charge in [-0.15, -0.1) is 0 Å². The van der Waals surface area contributed by atoms with Crippen LogP contribution in [-0.2, 0) is 17.6 Å². The van der Waals surface area contributed by atoms with Crippen LogP contribution in [0.5, 0.6) is 0 Å². The number of nitriles is 1. The van der Waals surface area contributed by atoms with Crippen molar-refractivity contribution in [2.45, 2.75) is 33.1 Å². The van der Waals surface area contributed by atoms with Crippen molar-refractivity contribution >= 4 is 5.97 Å². The van der Waals surface area contributed by atoms with Crippen LogP contribution in [0.15, 0.2) is 24.3 Å². The molecular formula is C18H19N3O2. The molecular weight excluding hydrogens is 290 g/mol. The number of esters is 1. The molecule has 0 aliphatic heterocycles. The van der Waals surface area contributed by atoms with Crippen LogP contribution >= 0.6 is 0 Å². The maximum Gasteiger partial charge on any atom is 0.359 e. The highest BCUT2D eigenvalue weighted by molar-refractivity contribution is 5.89. The van der Waals surface area contributed by atoms with Gasteiger partial charge in [0.05, 0.1) is 24.3 Å². The summed E-state index contributed by atoms with van der Waals surface area (Å²) in [5.41, 5.74) is 4.31. The Balaban J connectivity index is 2.12. The number of benzene rings is 1. The van der Waals surface area contributed by atoms with Crippen LogP contribution in [-0.4, -0.2) is 22.4 Å². The number of aromatic nitrogens is 2. The zero-order valence-electron chi connectivity index (χ0n) is 13.4. The number of nitrogens with zero attached hydrogens (tertiary/aromatic N) is 3. The van der Waals surface area contributed by atoms with Gasteiger partial charge in [-0.3, -0.25) is 0 Å². The minimum absolute atomic E-state index is 0.0298. The third-order valence-corrected chi connectivity index (χ3v) is 4.17. The average molecular weight is 309 g/mol. The standard InChI is InChI=1S/C18H19N3O2/c1-3-23-18(22)17-15-8-7-13(11-19)10-16(15)21(20-17)14-6-4-5-12(2)9-14/h4-6,9,13H,3,7-8,10H2,1-2H3. The maximum atomic E-state index is 12.2. The lowest BCUT2D eigenvalue weighted by molar-refractivity contribution is 0.0517. The quantitative estimate of drug-likeness (QED) is 0.817. The summed E-state index contributed by atoms with van der Waals surface area (Å²) in [4.78, 5) is 12.2. The molecule has 1 aliphatic carbocycles. The molecule has 23 heavy (non-hydrogen) atoms. The number of carbonyl (C=O) groups is 1. The van der Waals surface area contributed by atoms with Crippen LogP contribution in [0.3, 0.4) is 0 Å². The Labute approximate surface area is 135 Å². The van der Waals surface area contributed by atoms with Crippen molar-refractivity contribution in [1.29, 1.82) is 5.26 Å². The Hall–Kier alpha value is -2.61. The van der Waals surface area contributed by atoms with Gasteiger partial charge in [0.25, 0.3) is 0 Å². The highest BCUT2D eigenvalue weighted by Gasteiger charge is 2.30. The van der Waals surface area contributed by atoms with Gasteiger partial charge in [0.2, 0.25) is 0 Å². The molecule has 1 aromatic heterocycles. The van der Waals surface area contributed by atoms with E-state index >= 15 is 0 Å². The summed E-state index contributed by atoms with van der Waals surface area (Å²) in [6, 6.07) is 10.3. The van der Waals surface area contributed by atoms with Crippen molar-refractivity contribution in [3.63, 3.8) is 0 Å². The van der Waals surface area contributed by atoms with E-state index in [4.69, 9.17) is 4.74 Å². The molecule has 1 atom stereocenters. The molecule has 0 N–H and O–H groups in total. The summed E-state index contributed by atoms with van der Waals surface area (Å²) in [6.45, 7) is 4.13. The Kier molecular flexibility index (Phi) is 4.16. The summed E-state index contributed by atoms with van der Waals surface area (Å²) in [6.07, 6.45) is 2.06. The van der Waals surface area contributed by atoms with Gasteiger partial charge < -0.3 is 4.74 Å². The molecule has 1 aliphatic rings. The Morgan fingerprint density at radius 2 is 2.35 bits per heavy atom. The summed E-state index contributed by atoms with van der Waals surface area (Å²) in [5.74, 6) is -0.414. The molecule has 118 valence electrons. The summed E-state index contributed by atoms with van der Waals surface area (Å²) < 4.78 is 6.94. The predicted molar refractivity (Wildman–Crippen MR) is 85.4 cm³/mol. The lowest BCUT2D eigenvalue weighted by atomic mass is 9.87. The van der Waals surface area contributed by atoms with Gasteiger partial charge in [0, 0.05) is 17.7 Å². The van der Waals surface area contributed by atoms with Crippen molar-refractivity contribution < 1.29 is 9.53 Å². The second-order valence-electron chi connectivity index (χ2n) is 5.81. The topological polar surface area (TPSA) is 67.9 Å². The number of rotatable bonds is 3. The van der Waals surface area contributed by atoms with Crippen LogP contribution in [0.25, 0.3) is 5.69 Å². The second kappa shape index (κ2) is 6.25. The molecule has 0 saturated carbocycles. The van der Waals surface area contributed by atoms with E-state index in [-0.39, 0.29) is 11.9 Å². The van der Waals surface area contributed by atoms with Crippen LogP contribution in [0.2, 0.25) is 0 Å². The molecule has 0 amide bonds. The van der Waals surface area contributed by atoms with E-state index in [1.54, 1.807) is 11.6 Å². The molecule has 1 aromatic carbocycles. The molecule has 0 radical (unpaired) electrons. The van der Waals surface area contributed by atoms with E-state index in [1.807, 2.05) is 31.2 Å². The van der Waals surface area contributed by atoms with Gasteiger partial charge in [-0.2, -0.15) is 10.4 Å². The summed E-state index contributed by atoms with van der Waals surface area (Å²) in [5, 5.41) is 13.8. The third kappa shape index (κ3) is 2.85.